The molecule has 3 aromatic rings. The number of nitrogens with one attached hydrogen (secondary N) is 3. The monoisotopic (exact) mass is 610 g/mol. The number of halogens is 1. The molecule has 11 heteroatoms. The Labute approximate surface area is 241 Å². The van der Waals surface area contributed by atoms with Crippen LogP contribution < -0.4 is 30.3 Å². The fraction of sp³-hybridized carbons (Fsp3) is 0.241. The average molecular weight is 611 g/mol. The summed E-state index contributed by atoms with van der Waals surface area (Å²) in [6.45, 7) is 6.20. The molecule has 3 aromatic carbocycles. The van der Waals surface area contributed by atoms with E-state index in [9.17, 15) is 14.4 Å². The third-order valence-corrected chi connectivity index (χ3v) is 5.94. The molecule has 0 unspecified atom stereocenters. The van der Waals surface area contributed by atoms with Crippen LogP contribution in [0.1, 0.15) is 30.0 Å². The molecule has 0 saturated heterocycles. The highest BCUT2D eigenvalue weighted by Crippen LogP contribution is 2.28. The van der Waals surface area contributed by atoms with E-state index in [1.54, 1.807) is 42.5 Å². The van der Waals surface area contributed by atoms with Crippen LogP contribution >= 0.6 is 15.9 Å². The first-order valence-corrected chi connectivity index (χ1v) is 13.2. The molecule has 0 aliphatic heterocycles. The molecule has 0 aliphatic carbocycles. The fourth-order valence-corrected chi connectivity index (χ4v) is 4.26. The van der Waals surface area contributed by atoms with E-state index in [1.807, 2.05) is 32.9 Å². The van der Waals surface area contributed by atoms with E-state index in [0.29, 0.717) is 35.1 Å². The normalized spacial score (nSPS) is 10.6. The predicted octanol–water partition coefficient (Wildman–Crippen LogP) is 4.97. The van der Waals surface area contributed by atoms with Crippen molar-refractivity contribution in [1.29, 1.82) is 0 Å². The first-order valence-electron chi connectivity index (χ1n) is 12.4. The zero-order valence-electron chi connectivity index (χ0n) is 22.7. The van der Waals surface area contributed by atoms with Crippen molar-refractivity contribution < 1.29 is 28.6 Å². The van der Waals surface area contributed by atoms with Crippen molar-refractivity contribution in [2.75, 3.05) is 31.0 Å². The average Bonchev–Trinajstić information content (AvgIpc) is 2.93. The van der Waals surface area contributed by atoms with Crippen LogP contribution in [0.25, 0.3) is 0 Å². The number of carbonyl (C=O) groups is 3. The van der Waals surface area contributed by atoms with Gasteiger partial charge in [-0.05, 0) is 91.6 Å². The second-order valence-electron chi connectivity index (χ2n) is 8.69. The SMILES string of the molecule is CCCOc1ccc(NC(=O)C(=O)N/N=C\c2ccc(OCC(=O)Nc3c(C)cc(Br)cc3C)c(OC)c2)cc1. The summed E-state index contributed by atoms with van der Waals surface area (Å²) >= 11 is 3.44. The van der Waals surface area contributed by atoms with E-state index >= 15 is 0 Å². The molecule has 40 heavy (non-hydrogen) atoms. The summed E-state index contributed by atoms with van der Waals surface area (Å²) in [6, 6.07) is 15.4. The molecule has 0 aromatic heterocycles. The number of benzene rings is 3. The van der Waals surface area contributed by atoms with Crippen molar-refractivity contribution in [2.24, 2.45) is 5.10 Å². The van der Waals surface area contributed by atoms with Crippen LogP contribution in [0.3, 0.4) is 0 Å². The first kappa shape index (κ1) is 30.2. The van der Waals surface area contributed by atoms with E-state index in [0.717, 1.165) is 27.7 Å². The number of anilines is 2. The van der Waals surface area contributed by atoms with Gasteiger partial charge in [-0.3, -0.25) is 14.4 Å². The van der Waals surface area contributed by atoms with Crippen LogP contribution in [0.5, 0.6) is 17.2 Å². The lowest BCUT2D eigenvalue weighted by Gasteiger charge is -2.14. The Bertz CT molecular complexity index is 1370. The number of ether oxygens (including phenoxy) is 3. The minimum absolute atomic E-state index is 0.224. The van der Waals surface area contributed by atoms with Crippen LogP contribution in [0.4, 0.5) is 11.4 Å². The standard InChI is InChI=1S/C29H31BrN4O6/c1-5-12-39-23-9-7-22(8-10-23)32-28(36)29(37)34-31-16-20-6-11-24(25(15-20)38-4)40-17-26(35)33-27-18(2)13-21(30)14-19(27)3/h6-11,13-16H,5,12,17H2,1-4H3,(H,32,36)(H,33,35)(H,34,37)/b31-16-. The van der Waals surface area contributed by atoms with Crippen LogP contribution in [0, 0.1) is 13.8 Å². The maximum Gasteiger partial charge on any atom is 0.329 e. The summed E-state index contributed by atoms with van der Waals surface area (Å²) in [6.07, 6.45) is 2.24. The minimum Gasteiger partial charge on any atom is -0.494 e. The first-order chi connectivity index (χ1) is 19.2. The van der Waals surface area contributed by atoms with Crippen LogP contribution in [-0.4, -0.2) is 44.3 Å². The smallest absolute Gasteiger partial charge is 0.329 e. The number of nitrogens with zero attached hydrogens (tertiary/aromatic N) is 1. The lowest BCUT2D eigenvalue weighted by Crippen LogP contribution is -2.32. The number of carbonyl (C=O) groups excluding carboxylic acids is 3. The minimum atomic E-state index is -0.934. The zero-order chi connectivity index (χ0) is 29.1. The Morgan fingerprint density at radius 3 is 2.25 bits per heavy atom. The molecule has 0 spiro atoms. The number of aryl methyl sites for hydroxylation is 2. The molecular formula is C29H31BrN4O6. The van der Waals surface area contributed by atoms with E-state index in [4.69, 9.17) is 14.2 Å². The summed E-state index contributed by atoms with van der Waals surface area (Å²) in [4.78, 5) is 36.7. The number of methoxy groups -OCH3 is 1. The number of hydrogen-bond acceptors (Lipinski definition) is 7. The van der Waals surface area contributed by atoms with Gasteiger partial charge in [0.15, 0.2) is 18.1 Å². The summed E-state index contributed by atoms with van der Waals surface area (Å²) in [5.74, 6) is -0.723. The summed E-state index contributed by atoms with van der Waals surface area (Å²) < 4.78 is 17.5. The lowest BCUT2D eigenvalue weighted by molar-refractivity contribution is -0.136. The van der Waals surface area contributed by atoms with Crippen molar-refractivity contribution in [3.63, 3.8) is 0 Å². The lowest BCUT2D eigenvalue weighted by atomic mass is 10.1. The topological polar surface area (TPSA) is 127 Å². The Morgan fingerprint density at radius 2 is 1.60 bits per heavy atom. The Balaban J connectivity index is 1.51. The van der Waals surface area contributed by atoms with E-state index in [-0.39, 0.29) is 12.5 Å². The molecule has 0 saturated carbocycles. The molecule has 0 fully saturated rings. The van der Waals surface area contributed by atoms with Crippen molar-refractivity contribution in [3.8, 4) is 17.2 Å². The molecule has 0 atom stereocenters. The quantitative estimate of drug-likeness (QED) is 0.160. The van der Waals surface area contributed by atoms with E-state index in [1.165, 1.54) is 13.3 Å². The van der Waals surface area contributed by atoms with Gasteiger partial charge < -0.3 is 24.8 Å². The van der Waals surface area contributed by atoms with Gasteiger partial charge in [-0.2, -0.15) is 5.10 Å². The highest BCUT2D eigenvalue weighted by atomic mass is 79.9. The molecule has 10 nitrogen and oxygen atoms in total. The van der Waals surface area contributed by atoms with Gasteiger partial charge in [0.1, 0.15) is 5.75 Å². The zero-order valence-corrected chi connectivity index (χ0v) is 24.3. The molecule has 210 valence electrons. The van der Waals surface area contributed by atoms with Gasteiger partial charge in [-0.25, -0.2) is 5.43 Å². The van der Waals surface area contributed by atoms with Crippen LogP contribution in [-0.2, 0) is 14.4 Å². The van der Waals surface area contributed by atoms with Crippen LogP contribution in [0.15, 0.2) is 64.2 Å². The molecule has 3 amide bonds. The van der Waals surface area contributed by atoms with Crippen molar-refractivity contribution in [1.82, 2.24) is 5.43 Å². The van der Waals surface area contributed by atoms with E-state index in [2.05, 4.69) is 37.1 Å². The summed E-state index contributed by atoms with van der Waals surface area (Å²) in [5.41, 5.74) is 5.79. The van der Waals surface area contributed by atoms with Crippen molar-refractivity contribution >= 4 is 51.2 Å². The maximum absolute atomic E-state index is 12.5. The highest BCUT2D eigenvalue weighted by molar-refractivity contribution is 9.10. The highest BCUT2D eigenvalue weighted by Gasteiger charge is 2.14. The summed E-state index contributed by atoms with van der Waals surface area (Å²) in [7, 11) is 1.46. The largest absolute Gasteiger partial charge is 0.494 e. The van der Waals surface area contributed by atoms with E-state index < -0.39 is 11.8 Å². The number of hydrazone groups is 1. The summed E-state index contributed by atoms with van der Waals surface area (Å²) in [5, 5.41) is 9.20. The van der Waals surface area contributed by atoms with Crippen LogP contribution in [0.2, 0.25) is 0 Å². The third kappa shape index (κ3) is 8.84. The second-order valence-corrected chi connectivity index (χ2v) is 9.60. The Kier molecular flexibility index (Phi) is 11.1. The van der Waals surface area contributed by atoms with Gasteiger partial charge in [0.25, 0.3) is 5.91 Å². The molecule has 3 N–H and O–H groups in total. The van der Waals surface area contributed by atoms with Gasteiger partial charge in [0.05, 0.1) is 19.9 Å². The number of rotatable bonds is 11. The van der Waals surface area contributed by atoms with Gasteiger partial charge in [-0.15, -0.1) is 0 Å². The number of amides is 3. The molecule has 0 aliphatic rings. The molecule has 0 heterocycles. The molecule has 3 rings (SSSR count). The van der Waals surface area contributed by atoms with Gasteiger partial charge in [0, 0.05) is 15.8 Å². The Morgan fingerprint density at radius 1 is 0.900 bits per heavy atom. The second kappa shape index (κ2) is 14.7. The van der Waals surface area contributed by atoms with Crippen molar-refractivity contribution in [2.45, 2.75) is 27.2 Å². The van der Waals surface area contributed by atoms with Gasteiger partial charge in [-0.1, -0.05) is 22.9 Å². The molecular weight excluding hydrogens is 580 g/mol. The molecule has 0 radical (unpaired) electrons. The maximum atomic E-state index is 12.5. The third-order valence-electron chi connectivity index (χ3n) is 5.48. The molecule has 0 bridgehead atoms. The fourth-order valence-electron chi connectivity index (χ4n) is 3.57. The van der Waals surface area contributed by atoms with Crippen molar-refractivity contribution in [3.05, 3.63) is 75.8 Å². The number of hydrogen-bond donors (Lipinski definition) is 3. The predicted molar refractivity (Wildman–Crippen MR) is 157 cm³/mol. The van der Waals surface area contributed by atoms with Gasteiger partial charge >= 0.3 is 11.8 Å². The van der Waals surface area contributed by atoms with Gasteiger partial charge in [0.2, 0.25) is 0 Å². The Hall–Kier alpha value is -4.38.